The van der Waals surface area contributed by atoms with Crippen LogP contribution in [0.1, 0.15) is 31.8 Å². The lowest BCUT2D eigenvalue weighted by Crippen LogP contribution is -2.12. The summed E-state index contributed by atoms with van der Waals surface area (Å²) in [6.45, 7) is 3.75. The lowest BCUT2D eigenvalue weighted by molar-refractivity contribution is 0.0988. The Bertz CT molecular complexity index is 727. The fraction of sp³-hybridized carbons (Fsp3) is 0.176. The molecule has 0 aliphatic heterocycles. The summed E-state index contributed by atoms with van der Waals surface area (Å²) >= 11 is 0. The van der Waals surface area contributed by atoms with Crippen LogP contribution in [0, 0.1) is 13.8 Å². The molecule has 0 spiro atoms. The lowest BCUT2D eigenvalue weighted by Gasteiger charge is -2.05. The van der Waals surface area contributed by atoms with Gasteiger partial charge in [0.25, 0.3) is 11.8 Å². The average Bonchev–Trinajstić information content (AvgIpc) is 2.46. The second kappa shape index (κ2) is 7.84. The smallest absolute Gasteiger partial charge is 0.252 e. The third-order valence-corrected chi connectivity index (χ3v) is 3.04. The normalized spacial score (nSPS) is 9.52. The molecule has 5 N–H and O–H groups in total. The summed E-state index contributed by atoms with van der Waals surface area (Å²) in [6, 6.07) is 9.99. The molecule has 2 rings (SSSR count). The highest BCUT2D eigenvalue weighted by Crippen LogP contribution is 2.19. The van der Waals surface area contributed by atoms with E-state index in [1.807, 2.05) is 19.9 Å². The maximum absolute atomic E-state index is 10.8. The molecule has 0 aromatic heterocycles. The van der Waals surface area contributed by atoms with Gasteiger partial charge in [0.05, 0.1) is 18.2 Å². The van der Waals surface area contributed by atoms with E-state index in [0.717, 1.165) is 11.1 Å². The largest absolute Gasteiger partial charge is 0.507 e. The Hall–Kier alpha value is -3.02. The van der Waals surface area contributed by atoms with Crippen molar-refractivity contribution < 1.29 is 19.4 Å². The van der Waals surface area contributed by atoms with E-state index in [1.54, 1.807) is 18.2 Å². The molecule has 0 unspecified atom stereocenters. The van der Waals surface area contributed by atoms with Gasteiger partial charge in [-0.1, -0.05) is 12.1 Å². The molecule has 0 saturated carbocycles. The number of methoxy groups -OCH3 is 1. The third-order valence-electron chi connectivity index (χ3n) is 3.04. The van der Waals surface area contributed by atoms with Gasteiger partial charge in [0.2, 0.25) is 0 Å². The Balaban J connectivity index is 0.000000231. The maximum Gasteiger partial charge on any atom is 0.252 e. The van der Waals surface area contributed by atoms with Crippen molar-refractivity contribution in [2.75, 3.05) is 7.11 Å². The summed E-state index contributed by atoms with van der Waals surface area (Å²) in [4.78, 5) is 21.4. The molecule has 0 atom stereocenters. The first kappa shape index (κ1) is 18.0. The number of hydrogen-bond acceptors (Lipinski definition) is 4. The fourth-order valence-electron chi connectivity index (χ4n) is 1.85. The molecule has 122 valence electrons. The van der Waals surface area contributed by atoms with Crippen molar-refractivity contribution in [2.24, 2.45) is 11.5 Å². The van der Waals surface area contributed by atoms with Gasteiger partial charge in [0.15, 0.2) is 0 Å². The van der Waals surface area contributed by atoms with Gasteiger partial charge < -0.3 is 21.3 Å². The number of phenols is 1. The molecule has 0 bridgehead atoms. The van der Waals surface area contributed by atoms with Crippen LogP contribution in [0.25, 0.3) is 0 Å². The monoisotopic (exact) mass is 316 g/mol. The van der Waals surface area contributed by atoms with Gasteiger partial charge in [-0.2, -0.15) is 0 Å². The van der Waals surface area contributed by atoms with Gasteiger partial charge in [-0.25, -0.2) is 0 Å². The van der Waals surface area contributed by atoms with Crippen LogP contribution < -0.4 is 16.2 Å². The molecule has 2 amide bonds. The summed E-state index contributed by atoms with van der Waals surface area (Å²) in [5.74, 6) is -0.602. The van der Waals surface area contributed by atoms with Crippen LogP contribution >= 0.6 is 0 Å². The predicted molar refractivity (Wildman–Crippen MR) is 87.6 cm³/mol. The van der Waals surface area contributed by atoms with Crippen molar-refractivity contribution in [3.05, 3.63) is 58.7 Å². The van der Waals surface area contributed by atoms with E-state index in [-0.39, 0.29) is 11.3 Å². The van der Waals surface area contributed by atoms with Gasteiger partial charge in [-0.05, 0) is 49.2 Å². The van der Waals surface area contributed by atoms with Crippen LogP contribution in [0.5, 0.6) is 11.5 Å². The molecular weight excluding hydrogens is 296 g/mol. The molecule has 0 fully saturated rings. The molecule has 6 heteroatoms. The van der Waals surface area contributed by atoms with Crippen LogP contribution in [-0.4, -0.2) is 24.0 Å². The first-order chi connectivity index (χ1) is 10.8. The van der Waals surface area contributed by atoms with E-state index in [9.17, 15) is 9.59 Å². The molecular formula is C17H20N2O4. The summed E-state index contributed by atoms with van der Waals surface area (Å²) in [5.41, 5.74) is 12.6. The Labute approximate surface area is 134 Å². The summed E-state index contributed by atoms with van der Waals surface area (Å²) in [6.07, 6.45) is 0. The van der Waals surface area contributed by atoms with Gasteiger partial charge in [0, 0.05) is 0 Å². The lowest BCUT2D eigenvalue weighted by atomic mass is 10.1. The number of aromatic hydroxyl groups is 1. The van der Waals surface area contributed by atoms with Gasteiger partial charge in [-0.15, -0.1) is 0 Å². The molecule has 23 heavy (non-hydrogen) atoms. The highest BCUT2D eigenvalue weighted by atomic mass is 16.5. The number of primary amides is 2. The fourth-order valence-corrected chi connectivity index (χ4v) is 1.85. The SMILES string of the molecule is COc1cc(C)ccc1C(N)=O.Cc1ccc(C(N)=O)c(O)c1. The topological polar surface area (TPSA) is 116 Å². The Morgan fingerprint density at radius 3 is 1.83 bits per heavy atom. The highest BCUT2D eigenvalue weighted by molar-refractivity contribution is 5.96. The first-order valence-electron chi connectivity index (χ1n) is 6.80. The zero-order valence-electron chi connectivity index (χ0n) is 13.3. The van der Waals surface area contributed by atoms with Crippen molar-refractivity contribution >= 4 is 11.8 Å². The quantitative estimate of drug-likeness (QED) is 0.802. The van der Waals surface area contributed by atoms with E-state index in [0.29, 0.717) is 11.3 Å². The Morgan fingerprint density at radius 1 is 0.913 bits per heavy atom. The predicted octanol–water partition coefficient (Wildman–Crippen LogP) is 1.90. The summed E-state index contributed by atoms with van der Waals surface area (Å²) in [5, 5.41) is 9.16. The number of aryl methyl sites for hydroxylation is 2. The van der Waals surface area contributed by atoms with E-state index in [2.05, 4.69) is 0 Å². The number of amides is 2. The summed E-state index contributed by atoms with van der Waals surface area (Å²) < 4.78 is 4.99. The van der Waals surface area contributed by atoms with E-state index < -0.39 is 11.8 Å². The standard InChI is InChI=1S/C9H11NO2.C8H9NO2/c1-6-3-4-7(9(10)11)8(5-6)12-2;1-5-2-3-6(8(9)11)7(10)4-5/h3-5H,1-2H3,(H2,10,11);2-4,10H,1H3,(H2,9,11). The number of rotatable bonds is 3. The van der Waals surface area contributed by atoms with Gasteiger partial charge in [-0.3, -0.25) is 9.59 Å². The minimum atomic E-state index is -0.609. The minimum Gasteiger partial charge on any atom is -0.507 e. The van der Waals surface area contributed by atoms with Crippen molar-refractivity contribution in [1.82, 2.24) is 0 Å². The van der Waals surface area contributed by atoms with Crippen LogP contribution in [0.2, 0.25) is 0 Å². The zero-order valence-corrected chi connectivity index (χ0v) is 13.3. The van der Waals surface area contributed by atoms with E-state index >= 15 is 0 Å². The molecule has 0 radical (unpaired) electrons. The van der Waals surface area contributed by atoms with Gasteiger partial charge >= 0.3 is 0 Å². The van der Waals surface area contributed by atoms with Crippen molar-refractivity contribution in [2.45, 2.75) is 13.8 Å². The number of benzene rings is 2. The minimum absolute atomic E-state index is 0.0579. The van der Waals surface area contributed by atoms with E-state index in [4.69, 9.17) is 21.3 Å². The number of carbonyl (C=O) groups excluding carboxylic acids is 2. The molecule has 0 heterocycles. The Morgan fingerprint density at radius 2 is 1.39 bits per heavy atom. The third kappa shape index (κ3) is 5.03. The number of ether oxygens (including phenoxy) is 1. The highest BCUT2D eigenvalue weighted by Gasteiger charge is 2.07. The van der Waals surface area contributed by atoms with Crippen molar-refractivity contribution in [3.8, 4) is 11.5 Å². The van der Waals surface area contributed by atoms with Crippen molar-refractivity contribution in [1.29, 1.82) is 0 Å². The maximum atomic E-state index is 10.8. The van der Waals surface area contributed by atoms with Crippen LogP contribution in [0.3, 0.4) is 0 Å². The second-order valence-corrected chi connectivity index (χ2v) is 4.95. The number of nitrogens with two attached hydrogens (primary N) is 2. The van der Waals surface area contributed by atoms with E-state index in [1.165, 1.54) is 19.2 Å². The van der Waals surface area contributed by atoms with Crippen LogP contribution in [-0.2, 0) is 0 Å². The zero-order chi connectivity index (χ0) is 17.6. The molecule has 0 aliphatic rings. The van der Waals surface area contributed by atoms with Crippen LogP contribution in [0.15, 0.2) is 36.4 Å². The molecule has 0 saturated heterocycles. The molecule has 0 aliphatic carbocycles. The Kier molecular flexibility index (Phi) is 6.14. The second-order valence-electron chi connectivity index (χ2n) is 4.95. The average molecular weight is 316 g/mol. The number of carbonyl (C=O) groups is 2. The number of hydrogen-bond donors (Lipinski definition) is 3. The van der Waals surface area contributed by atoms with Crippen molar-refractivity contribution in [3.63, 3.8) is 0 Å². The van der Waals surface area contributed by atoms with Gasteiger partial charge in [0.1, 0.15) is 11.5 Å². The molecule has 6 nitrogen and oxygen atoms in total. The molecule has 2 aromatic carbocycles. The van der Waals surface area contributed by atoms with Crippen LogP contribution in [0.4, 0.5) is 0 Å². The summed E-state index contributed by atoms with van der Waals surface area (Å²) in [7, 11) is 1.52. The molecule has 2 aromatic rings. The first-order valence-corrected chi connectivity index (χ1v) is 6.80.